The molecule has 0 saturated heterocycles. The first-order valence-electron chi connectivity index (χ1n) is 6.54. The van der Waals surface area contributed by atoms with Crippen molar-refractivity contribution >= 4 is 27.5 Å². The van der Waals surface area contributed by atoms with Crippen LogP contribution in [0.2, 0.25) is 5.02 Å². The maximum atomic E-state index is 12.2. The number of hydrogen-bond acceptors (Lipinski definition) is 4. The molecule has 2 aromatic carbocycles. The van der Waals surface area contributed by atoms with Crippen molar-refractivity contribution in [3.63, 3.8) is 0 Å². The number of nitrogens with two attached hydrogens (primary N) is 1. The van der Waals surface area contributed by atoms with Crippen LogP contribution in [0.25, 0.3) is 0 Å². The first kappa shape index (κ1) is 16.5. The highest BCUT2D eigenvalue weighted by atomic mass is 35.5. The van der Waals surface area contributed by atoms with Crippen LogP contribution < -0.4 is 10.5 Å². The summed E-state index contributed by atoms with van der Waals surface area (Å²) in [6.07, 6.45) is 0.664. The summed E-state index contributed by atoms with van der Waals surface area (Å²) in [6, 6.07) is 12.2. The Morgan fingerprint density at radius 2 is 1.64 bits per heavy atom. The van der Waals surface area contributed by atoms with Gasteiger partial charge in [0, 0.05) is 10.6 Å². The number of rotatable bonds is 5. The van der Waals surface area contributed by atoms with Gasteiger partial charge in [-0.05, 0) is 54.9 Å². The molecule has 0 unspecified atom stereocenters. The maximum Gasteiger partial charge on any atom is 0.264 e. The fraction of sp³-hybridized carbons (Fsp3) is 0.133. The Kier molecular flexibility index (Phi) is 5.18. The van der Waals surface area contributed by atoms with Gasteiger partial charge in [-0.25, -0.2) is 13.1 Å². The minimum atomic E-state index is -3.91. The second-order valence-corrected chi connectivity index (χ2v) is 6.74. The zero-order valence-electron chi connectivity index (χ0n) is 11.6. The van der Waals surface area contributed by atoms with Gasteiger partial charge in [0.1, 0.15) is 0 Å². The number of halogens is 1. The van der Waals surface area contributed by atoms with Crippen LogP contribution in [0.15, 0.2) is 53.4 Å². The highest BCUT2D eigenvalue weighted by Gasteiger charge is 2.18. The monoisotopic (exact) mass is 338 g/mol. The molecule has 0 aromatic heterocycles. The van der Waals surface area contributed by atoms with Crippen LogP contribution in [0.1, 0.15) is 15.9 Å². The van der Waals surface area contributed by atoms with Crippen LogP contribution in [0, 0.1) is 0 Å². The summed E-state index contributed by atoms with van der Waals surface area (Å²) in [7, 11) is -3.91. The minimum Gasteiger partial charge on any atom is -0.330 e. The Hall–Kier alpha value is -1.89. The summed E-state index contributed by atoms with van der Waals surface area (Å²) in [5.74, 6) is -0.706. The molecule has 3 N–H and O–H groups in total. The lowest BCUT2D eigenvalue weighted by Crippen LogP contribution is -2.30. The van der Waals surface area contributed by atoms with Crippen LogP contribution in [-0.2, 0) is 16.4 Å². The zero-order chi connectivity index (χ0) is 16.2. The Balaban J connectivity index is 2.16. The summed E-state index contributed by atoms with van der Waals surface area (Å²) in [5.41, 5.74) is 6.59. The maximum absolute atomic E-state index is 12.2. The number of nitrogens with one attached hydrogen (secondary N) is 1. The van der Waals surface area contributed by atoms with Gasteiger partial charge in [-0.1, -0.05) is 23.7 Å². The Labute approximate surface area is 134 Å². The van der Waals surface area contributed by atoms with E-state index >= 15 is 0 Å². The molecule has 0 radical (unpaired) electrons. The normalized spacial score (nSPS) is 11.2. The van der Waals surface area contributed by atoms with Gasteiger partial charge in [0.15, 0.2) is 0 Å². The molecule has 22 heavy (non-hydrogen) atoms. The van der Waals surface area contributed by atoms with E-state index < -0.39 is 15.9 Å². The smallest absolute Gasteiger partial charge is 0.264 e. The highest BCUT2D eigenvalue weighted by Crippen LogP contribution is 2.13. The molecule has 116 valence electrons. The molecule has 0 atom stereocenters. The van der Waals surface area contributed by atoms with Crippen molar-refractivity contribution in [1.82, 2.24) is 4.72 Å². The third kappa shape index (κ3) is 4.07. The molecule has 1 amide bonds. The van der Waals surface area contributed by atoms with Crippen molar-refractivity contribution in [3.8, 4) is 0 Å². The van der Waals surface area contributed by atoms with E-state index in [1.54, 1.807) is 12.1 Å². The predicted molar refractivity (Wildman–Crippen MR) is 85.3 cm³/mol. The number of amides is 1. The van der Waals surface area contributed by atoms with E-state index in [2.05, 4.69) is 0 Å². The van der Waals surface area contributed by atoms with Gasteiger partial charge < -0.3 is 5.73 Å². The summed E-state index contributed by atoms with van der Waals surface area (Å²) in [5, 5.41) is 0.467. The third-order valence-electron chi connectivity index (χ3n) is 3.00. The number of hydrogen-bond donors (Lipinski definition) is 2. The topological polar surface area (TPSA) is 89.3 Å². The van der Waals surface area contributed by atoms with Gasteiger partial charge in [-0.3, -0.25) is 4.79 Å². The van der Waals surface area contributed by atoms with E-state index in [-0.39, 0.29) is 10.5 Å². The van der Waals surface area contributed by atoms with Crippen LogP contribution in [0.4, 0.5) is 0 Å². The molecule has 2 aromatic rings. The van der Waals surface area contributed by atoms with Gasteiger partial charge in [-0.2, -0.15) is 0 Å². The van der Waals surface area contributed by atoms with Crippen LogP contribution >= 0.6 is 11.6 Å². The van der Waals surface area contributed by atoms with Gasteiger partial charge in [0.05, 0.1) is 4.90 Å². The first-order valence-corrected chi connectivity index (χ1v) is 8.40. The Bertz CT molecular complexity index is 756. The number of benzene rings is 2. The van der Waals surface area contributed by atoms with Crippen LogP contribution in [0.5, 0.6) is 0 Å². The van der Waals surface area contributed by atoms with E-state index in [1.165, 1.54) is 36.4 Å². The third-order valence-corrected chi connectivity index (χ3v) is 4.60. The minimum absolute atomic E-state index is 0.0237. The SMILES string of the molecule is NCCc1ccc(S(=O)(=O)NC(=O)c2ccc(Cl)cc2)cc1. The average Bonchev–Trinajstić information content (AvgIpc) is 2.48. The van der Waals surface area contributed by atoms with Gasteiger partial charge in [-0.15, -0.1) is 0 Å². The number of carbonyl (C=O) groups is 1. The quantitative estimate of drug-likeness (QED) is 0.872. The molecule has 7 heteroatoms. The summed E-state index contributed by atoms with van der Waals surface area (Å²) in [4.78, 5) is 12.0. The van der Waals surface area contributed by atoms with Crippen molar-refractivity contribution in [2.24, 2.45) is 5.73 Å². The second-order valence-electron chi connectivity index (χ2n) is 4.62. The molecule has 0 fully saturated rings. The molecule has 0 aliphatic heterocycles. The zero-order valence-corrected chi connectivity index (χ0v) is 13.2. The molecular formula is C15H15ClN2O3S. The summed E-state index contributed by atoms with van der Waals surface area (Å²) < 4.78 is 26.4. The molecule has 2 rings (SSSR count). The first-order chi connectivity index (χ1) is 10.4. The lowest BCUT2D eigenvalue weighted by atomic mass is 10.2. The van der Waals surface area contributed by atoms with Gasteiger partial charge >= 0.3 is 0 Å². The van der Waals surface area contributed by atoms with Crippen molar-refractivity contribution in [3.05, 3.63) is 64.7 Å². The predicted octanol–water partition coefficient (Wildman–Crippen LogP) is 1.96. The summed E-state index contributed by atoms with van der Waals surface area (Å²) >= 11 is 5.73. The second kappa shape index (κ2) is 6.91. The van der Waals surface area contributed by atoms with Crippen molar-refractivity contribution in [2.45, 2.75) is 11.3 Å². The standard InChI is InChI=1S/C15H15ClN2O3S/c16-13-5-3-12(4-6-13)15(19)18-22(20,21)14-7-1-11(2-8-14)9-10-17/h1-8H,9-10,17H2,(H,18,19). The lowest BCUT2D eigenvalue weighted by Gasteiger charge is -2.08. The van der Waals surface area contributed by atoms with Crippen LogP contribution in [0.3, 0.4) is 0 Å². The highest BCUT2D eigenvalue weighted by molar-refractivity contribution is 7.90. The van der Waals surface area contributed by atoms with Gasteiger partial charge in [0.2, 0.25) is 0 Å². The van der Waals surface area contributed by atoms with Crippen molar-refractivity contribution in [2.75, 3.05) is 6.54 Å². The molecule has 0 heterocycles. The van der Waals surface area contributed by atoms with E-state index in [4.69, 9.17) is 17.3 Å². The fourth-order valence-corrected chi connectivity index (χ4v) is 2.94. The van der Waals surface area contributed by atoms with E-state index in [9.17, 15) is 13.2 Å². The molecule has 0 aliphatic rings. The Morgan fingerprint density at radius 3 is 2.18 bits per heavy atom. The number of carbonyl (C=O) groups excluding carboxylic acids is 1. The van der Waals surface area contributed by atoms with Crippen LogP contribution in [-0.4, -0.2) is 20.9 Å². The van der Waals surface area contributed by atoms with Gasteiger partial charge in [0.25, 0.3) is 15.9 Å². The number of sulfonamides is 1. The molecule has 0 saturated carbocycles. The van der Waals surface area contributed by atoms with E-state index in [0.29, 0.717) is 18.0 Å². The molecule has 5 nitrogen and oxygen atoms in total. The van der Waals surface area contributed by atoms with Crippen molar-refractivity contribution in [1.29, 1.82) is 0 Å². The molecule has 0 aliphatic carbocycles. The van der Waals surface area contributed by atoms with E-state index in [1.807, 2.05) is 4.72 Å². The lowest BCUT2D eigenvalue weighted by molar-refractivity contribution is 0.0981. The van der Waals surface area contributed by atoms with Crippen molar-refractivity contribution < 1.29 is 13.2 Å². The molecule has 0 bridgehead atoms. The average molecular weight is 339 g/mol. The fourth-order valence-electron chi connectivity index (χ4n) is 1.84. The Morgan fingerprint density at radius 1 is 1.05 bits per heavy atom. The molecule has 0 spiro atoms. The molecular weight excluding hydrogens is 324 g/mol. The largest absolute Gasteiger partial charge is 0.330 e. The summed E-state index contributed by atoms with van der Waals surface area (Å²) in [6.45, 7) is 0.486. The van der Waals surface area contributed by atoms with E-state index in [0.717, 1.165) is 5.56 Å².